The van der Waals surface area contributed by atoms with E-state index in [1.54, 1.807) is 0 Å². The normalized spacial score (nSPS) is 26.6. The summed E-state index contributed by atoms with van der Waals surface area (Å²) >= 11 is 0. The fourth-order valence-corrected chi connectivity index (χ4v) is 2.32. The van der Waals surface area contributed by atoms with E-state index < -0.39 is 0 Å². The molecule has 92 valence electrons. The predicted molar refractivity (Wildman–Crippen MR) is 67.3 cm³/mol. The Morgan fingerprint density at radius 3 is 2.62 bits per heavy atom. The lowest BCUT2D eigenvalue weighted by atomic mass is 9.94. The number of hydrogen-bond donors (Lipinski definition) is 1. The van der Waals surface area contributed by atoms with Gasteiger partial charge in [-0.15, -0.1) is 0 Å². The zero-order valence-corrected chi connectivity index (χ0v) is 10.9. The van der Waals surface area contributed by atoms with E-state index in [4.69, 9.17) is 0 Å². The Balaban J connectivity index is 2.67. The van der Waals surface area contributed by atoms with Gasteiger partial charge in [-0.2, -0.15) is 0 Å². The van der Waals surface area contributed by atoms with Gasteiger partial charge in [0.15, 0.2) is 0 Å². The summed E-state index contributed by atoms with van der Waals surface area (Å²) in [6.45, 7) is 13.0. The van der Waals surface area contributed by atoms with E-state index in [0.29, 0.717) is 6.04 Å². The summed E-state index contributed by atoms with van der Waals surface area (Å²) in [5, 5.41) is 3.59. The topological polar surface area (TPSA) is 32.3 Å². The molecule has 2 unspecified atom stereocenters. The summed E-state index contributed by atoms with van der Waals surface area (Å²) in [6, 6.07) is 0.635. The van der Waals surface area contributed by atoms with Crippen LogP contribution in [-0.4, -0.2) is 35.0 Å². The van der Waals surface area contributed by atoms with Crippen molar-refractivity contribution < 1.29 is 4.79 Å². The molecule has 0 spiro atoms. The lowest BCUT2D eigenvalue weighted by molar-refractivity contribution is -0.130. The zero-order chi connectivity index (χ0) is 12.3. The van der Waals surface area contributed by atoms with E-state index in [9.17, 15) is 4.79 Å². The van der Waals surface area contributed by atoms with Crippen molar-refractivity contribution in [2.75, 3.05) is 6.54 Å². The molecule has 1 fully saturated rings. The van der Waals surface area contributed by atoms with Crippen LogP contribution in [0.5, 0.6) is 0 Å². The maximum atomic E-state index is 11.7. The lowest BCUT2D eigenvalue weighted by Crippen LogP contribution is -2.58. The van der Waals surface area contributed by atoms with Gasteiger partial charge in [-0.05, 0) is 46.6 Å². The standard InChI is InChI=1S/C13H24N2O/c1-6-12(16)15-9-7-8-11(10(15)2)14-13(3,4)5/h6,10-11,14H,1,7-9H2,2-5H3. The summed E-state index contributed by atoms with van der Waals surface area (Å²) in [5.41, 5.74) is 0.0964. The summed E-state index contributed by atoms with van der Waals surface area (Å²) in [5.74, 6) is 0.0490. The summed E-state index contributed by atoms with van der Waals surface area (Å²) in [6.07, 6.45) is 3.62. The van der Waals surface area contributed by atoms with Crippen molar-refractivity contribution in [3.05, 3.63) is 12.7 Å². The predicted octanol–water partition coefficient (Wildman–Crippen LogP) is 1.94. The van der Waals surface area contributed by atoms with Crippen LogP contribution in [0.1, 0.15) is 40.5 Å². The van der Waals surface area contributed by atoms with Crippen molar-refractivity contribution in [2.24, 2.45) is 0 Å². The molecule has 3 heteroatoms. The molecular weight excluding hydrogens is 200 g/mol. The number of piperidine rings is 1. The third-order valence-corrected chi connectivity index (χ3v) is 3.06. The van der Waals surface area contributed by atoms with Crippen molar-refractivity contribution >= 4 is 5.91 Å². The minimum Gasteiger partial charge on any atom is -0.335 e. The van der Waals surface area contributed by atoms with E-state index in [1.165, 1.54) is 6.08 Å². The van der Waals surface area contributed by atoms with E-state index in [0.717, 1.165) is 19.4 Å². The minimum absolute atomic E-state index is 0.0490. The summed E-state index contributed by atoms with van der Waals surface area (Å²) in [4.78, 5) is 13.6. The van der Waals surface area contributed by atoms with E-state index in [2.05, 4.69) is 39.6 Å². The number of rotatable bonds is 2. The van der Waals surface area contributed by atoms with Crippen LogP contribution in [-0.2, 0) is 4.79 Å². The maximum absolute atomic E-state index is 11.7. The molecular formula is C13H24N2O. The fraction of sp³-hybridized carbons (Fsp3) is 0.769. The highest BCUT2D eigenvalue weighted by Crippen LogP contribution is 2.20. The zero-order valence-electron chi connectivity index (χ0n) is 10.9. The fourth-order valence-electron chi connectivity index (χ4n) is 2.32. The Labute approximate surface area is 98.9 Å². The van der Waals surface area contributed by atoms with Gasteiger partial charge in [0.1, 0.15) is 0 Å². The number of likely N-dealkylation sites (tertiary alicyclic amines) is 1. The molecule has 0 aromatic heterocycles. The third-order valence-electron chi connectivity index (χ3n) is 3.06. The van der Waals surface area contributed by atoms with Gasteiger partial charge in [-0.1, -0.05) is 6.58 Å². The maximum Gasteiger partial charge on any atom is 0.246 e. The first-order valence-corrected chi connectivity index (χ1v) is 6.06. The lowest BCUT2D eigenvalue weighted by Gasteiger charge is -2.42. The second-order valence-electron chi connectivity index (χ2n) is 5.62. The number of hydrogen-bond acceptors (Lipinski definition) is 2. The van der Waals surface area contributed by atoms with Crippen LogP contribution in [0.4, 0.5) is 0 Å². The number of nitrogens with one attached hydrogen (secondary N) is 1. The number of nitrogens with zero attached hydrogens (tertiary/aromatic N) is 1. The molecule has 1 amide bonds. The molecule has 1 saturated heterocycles. The highest BCUT2D eigenvalue weighted by Gasteiger charge is 2.31. The first kappa shape index (κ1) is 13.2. The Hall–Kier alpha value is -0.830. The average molecular weight is 224 g/mol. The van der Waals surface area contributed by atoms with Crippen molar-refractivity contribution in [1.29, 1.82) is 0 Å². The third kappa shape index (κ3) is 3.34. The second-order valence-corrected chi connectivity index (χ2v) is 5.62. The molecule has 0 aliphatic carbocycles. The van der Waals surface area contributed by atoms with Gasteiger partial charge in [-0.25, -0.2) is 0 Å². The second kappa shape index (κ2) is 5.00. The molecule has 0 aromatic rings. The van der Waals surface area contributed by atoms with Crippen molar-refractivity contribution in [2.45, 2.75) is 58.2 Å². The smallest absolute Gasteiger partial charge is 0.246 e. The highest BCUT2D eigenvalue weighted by atomic mass is 16.2. The van der Waals surface area contributed by atoms with Crippen LogP contribution in [0.25, 0.3) is 0 Å². The van der Waals surface area contributed by atoms with Gasteiger partial charge in [0.25, 0.3) is 0 Å². The van der Waals surface area contributed by atoms with E-state index >= 15 is 0 Å². The molecule has 0 saturated carbocycles. The van der Waals surface area contributed by atoms with Crippen LogP contribution in [0.2, 0.25) is 0 Å². The van der Waals surface area contributed by atoms with Crippen LogP contribution in [0, 0.1) is 0 Å². The first-order valence-electron chi connectivity index (χ1n) is 6.06. The number of carbonyl (C=O) groups excluding carboxylic acids is 1. The van der Waals surface area contributed by atoms with Crippen LogP contribution in [0.15, 0.2) is 12.7 Å². The van der Waals surface area contributed by atoms with Gasteiger partial charge in [0, 0.05) is 24.2 Å². The number of carbonyl (C=O) groups is 1. The molecule has 1 rings (SSSR count). The van der Waals surface area contributed by atoms with Gasteiger partial charge >= 0.3 is 0 Å². The van der Waals surface area contributed by atoms with Crippen LogP contribution >= 0.6 is 0 Å². The molecule has 0 aromatic carbocycles. The molecule has 1 aliphatic rings. The van der Waals surface area contributed by atoms with Gasteiger partial charge in [-0.3, -0.25) is 4.79 Å². The summed E-state index contributed by atoms with van der Waals surface area (Å²) < 4.78 is 0. The van der Waals surface area contributed by atoms with Gasteiger partial charge in [0.05, 0.1) is 0 Å². The molecule has 1 aliphatic heterocycles. The summed E-state index contributed by atoms with van der Waals surface area (Å²) in [7, 11) is 0. The highest BCUT2D eigenvalue weighted by molar-refractivity contribution is 5.87. The quantitative estimate of drug-likeness (QED) is 0.727. The van der Waals surface area contributed by atoms with Crippen molar-refractivity contribution in [1.82, 2.24) is 10.2 Å². The largest absolute Gasteiger partial charge is 0.335 e. The average Bonchev–Trinajstić information content (AvgIpc) is 2.18. The molecule has 3 nitrogen and oxygen atoms in total. The Morgan fingerprint density at radius 2 is 2.12 bits per heavy atom. The van der Waals surface area contributed by atoms with Crippen LogP contribution in [0.3, 0.4) is 0 Å². The molecule has 0 radical (unpaired) electrons. The molecule has 2 atom stereocenters. The molecule has 1 N–H and O–H groups in total. The van der Waals surface area contributed by atoms with E-state index in [1.807, 2.05) is 4.90 Å². The Kier molecular flexibility index (Phi) is 4.14. The molecule has 0 bridgehead atoms. The van der Waals surface area contributed by atoms with Gasteiger partial charge < -0.3 is 10.2 Å². The minimum atomic E-state index is 0.0490. The van der Waals surface area contributed by atoms with Crippen molar-refractivity contribution in [3.63, 3.8) is 0 Å². The van der Waals surface area contributed by atoms with Crippen molar-refractivity contribution in [3.8, 4) is 0 Å². The Morgan fingerprint density at radius 1 is 1.50 bits per heavy atom. The number of amides is 1. The van der Waals surface area contributed by atoms with Gasteiger partial charge in [0.2, 0.25) is 5.91 Å². The van der Waals surface area contributed by atoms with E-state index in [-0.39, 0.29) is 17.5 Å². The Bertz CT molecular complexity index is 268. The first-order chi connectivity index (χ1) is 7.35. The van der Waals surface area contributed by atoms with Crippen LogP contribution < -0.4 is 5.32 Å². The monoisotopic (exact) mass is 224 g/mol. The molecule has 1 heterocycles. The molecule has 16 heavy (non-hydrogen) atoms. The SMILES string of the molecule is C=CC(=O)N1CCCC(NC(C)(C)C)C1C.